The summed E-state index contributed by atoms with van der Waals surface area (Å²) >= 11 is 0. The van der Waals surface area contributed by atoms with E-state index in [0.717, 1.165) is 17.5 Å². The predicted octanol–water partition coefficient (Wildman–Crippen LogP) is 7.68. The molecule has 0 radical (unpaired) electrons. The number of ether oxygens (including phenoxy) is 1. The molecular weight excluding hydrogens is 480 g/mol. The Hall–Kier alpha value is -4.18. The minimum absolute atomic E-state index is 0.0179. The molecule has 1 aromatic heterocycles. The van der Waals surface area contributed by atoms with Crippen molar-refractivity contribution in [3.05, 3.63) is 107 Å². The highest BCUT2D eigenvalue weighted by atomic mass is 19.4. The van der Waals surface area contributed by atoms with E-state index in [4.69, 9.17) is 10.00 Å². The fourth-order valence-corrected chi connectivity index (χ4v) is 5.15. The highest BCUT2D eigenvalue weighted by molar-refractivity contribution is 5.73. The zero-order valence-corrected chi connectivity index (χ0v) is 19.5. The molecule has 2 aliphatic carbocycles. The summed E-state index contributed by atoms with van der Waals surface area (Å²) in [4.78, 5) is 4.32. The Bertz CT molecular complexity index is 1540. The van der Waals surface area contributed by atoms with Crippen LogP contribution in [0.15, 0.2) is 72.9 Å². The smallest absolute Gasteiger partial charge is 0.417 e. The minimum Gasteiger partial charge on any atom is -0.473 e. The van der Waals surface area contributed by atoms with Crippen LogP contribution in [-0.4, -0.2) is 4.98 Å². The molecule has 0 amide bonds. The van der Waals surface area contributed by atoms with Crippen LogP contribution in [0.3, 0.4) is 0 Å². The molecule has 0 spiro atoms. The third-order valence-electron chi connectivity index (χ3n) is 7.21. The molecule has 1 saturated carbocycles. The van der Waals surface area contributed by atoms with Gasteiger partial charge in [0.2, 0.25) is 5.88 Å². The second-order valence-corrected chi connectivity index (χ2v) is 9.57. The van der Waals surface area contributed by atoms with E-state index in [9.17, 15) is 17.6 Å². The summed E-state index contributed by atoms with van der Waals surface area (Å²) in [5.74, 6) is 0.639. The number of alkyl halides is 3. The lowest BCUT2D eigenvalue weighted by atomic mass is 9.94. The topological polar surface area (TPSA) is 45.9 Å². The average Bonchev–Trinajstić information content (AvgIpc) is 3.58. The van der Waals surface area contributed by atoms with Crippen molar-refractivity contribution in [2.24, 2.45) is 5.92 Å². The average molecular weight is 500 g/mol. The van der Waals surface area contributed by atoms with Crippen LogP contribution in [0.25, 0.3) is 22.3 Å². The molecule has 0 aliphatic heterocycles. The summed E-state index contributed by atoms with van der Waals surface area (Å²) < 4.78 is 62.0. The van der Waals surface area contributed by atoms with Gasteiger partial charge in [-0.25, -0.2) is 9.37 Å². The molecule has 37 heavy (non-hydrogen) atoms. The number of pyridine rings is 1. The van der Waals surface area contributed by atoms with Crippen molar-refractivity contribution < 1.29 is 22.3 Å². The van der Waals surface area contributed by atoms with Crippen molar-refractivity contribution in [2.45, 2.75) is 31.5 Å². The highest BCUT2D eigenvalue weighted by Crippen LogP contribution is 2.56. The first-order chi connectivity index (χ1) is 17.8. The highest BCUT2D eigenvalue weighted by Gasteiger charge is 2.45. The number of nitrogens with zero attached hydrogens (tertiary/aromatic N) is 2. The zero-order valence-electron chi connectivity index (χ0n) is 19.5. The normalized spacial score (nSPS) is 17.6. The Morgan fingerprint density at radius 1 is 0.946 bits per heavy atom. The SMILES string of the molecule is N#Cc1ccc(-c2ccc(-c3cc(COc4cc5c(cn4)C4CC4C5)c(F)cc3C(F)(F)F)cc2)cc1. The van der Waals surface area contributed by atoms with Crippen molar-refractivity contribution in [1.29, 1.82) is 5.26 Å². The number of nitriles is 1. The first-order valence-corrected chi connectivity index (χ1v) is 11.9. The Balaban J connectivity index is 1.29. The summed E-state index contributed by atoms with van der Waals surface area (Å²) in [5, 5.41) is 8.97. The first-order valence-electron chi connectivity index (χ1n) is 11.9. The lowest BCUT2D eigenvalue weighted by Crippen LogP contribution is -2.10. The van der Waals surface area contributed by atoms with E-state index in [1.807, 2.05) is 6.07 Å². The maximum Gasteiger partial charge on any atom is 0.417 e. The predicted molar refractivity (Wildman–Crippen MR) is 130 cm³/mol. The van der Waals surface area contributed by atoms with Gasteiger partial charge in [-0.2, -0.15) is 18.4 Å². The number of fused-ring (bicyclic) bond motifs is 3. The van der Waals surface area contributed by atoms with Crippen LogP contribution in [0, 0.1) is 23.1 Å². The van der Waals surface area contributed by atoms with Gasteiger partial charge in [0.1, 0.15) is 12.4 Å². The number of benzene rings is 3. The van der Waals surface area contributed by atoms with Crippen molar-refractivity contribution in [3.8, 4) is 34.2 Å². The fraction of sp³-hybridized carbons (Fsp3) is 0.200. The van der Waals surface area contributed by atoms with Gasteiger partial charge in [-0.3, -0.25) is 0 Å². The van der Waals surface area contributed by atoms with Crippen molar-refractivity contribution >= 4 is 0 Å². The summed E-state index contributed by atoms with van der Waals surface area (Å²) in [5.41, 5.74) is 3.71. The molecular formula is C30H20F4N2O. The minimum atomic E-state index is -4.73. The molecule has 4 aromatic rings. The molecule has 7 heteroatoms. The van der Waals surface area contributed by atoms with E-state index in [1.165, 1.54) is 23.6 Å². The third-order valence-corrected chi connectivity index (χ3v) is 7.21. The fourth-order valence-electron chi connectivity index (χ4n) is 5.15. The standard InChI is InChI=1S/C30H20F4N2O/c31-28-13-27(30(32,33)34)25(20-7-5-19(6-8-20)18-3-1-17(14-35)2-4-18)11-23(28)16-37-29-12-22-9-21-10-24(21)26(22)15-36-29/h1-8,11-13,15,21,24H,9-10,16H2. The number of hydrogen-bond acceptors (Lipinski definition) is 3. The van der Waals surface area contributed by atoms with Gasteiger partial charge in [-0.1, -0.05) is 36.4 Å². The van der Waals surface area contributed by atoms with Crippen LogP contribution in [0.5, 0.6) is 5.88 Å². The van der Waals surface area contributed by atoms with Gasteiger partial charge in [0.05, 0.1) is 17.2 Å². The van der Waals surface area contributed by atoms with E-state index >= 15 is 0 Å². The van der Waals surface area contributed by atoms with Crippen LogP contribution in [0.2, 0.25) is 0 Å². The van der Waals surface area contributed by atoms with E-state index in [1.54, 1.807) is 54.7 Å². The molecule has 0 saturated heterocycles. The van der Waals surface area contributed by atoms with Gasteiger partial charge >= 0.3 is 6.18 Å². The van der Waals surface area contributed by atoms with Crippen LogP contribution in [-0.2, 0) is 19.2 Å². The van der Waals surface area contributed by atoms with Crippen LogP contribution >= 0.6 is 0 Å². The van der Waals surface area contributed by atoms with Gasteiger partial charge in [0, 0.05) is 17.8 Å². The van der Waals surface area contributed by atoms with Gasteiger partial charge in [0.25, 0.3) is 0 Å². The zero-order chi connectivity index (χ0) is 25.7. The number of hydrogen-bond donors (Lipinski definition) is 0. The molecule has 6 rings (SSSR count). The Morgan fingerprint density at radius 3 is 2.30 bits per heavy atom. The molecule has 1 heterocycles. The summed E-state index contributed by atoms with van der Waals surface area (Å²) in [7, 11) is 0. The number of rotatable bonds is 5. The molecule has 1 fully saturated rings. The first kappa shape index (κ1) is 23.2. The lowest BCUT2D eigenvalue weighted by molar-refractivity contribution is -0.137. The molecule has 3 aromatic carbocycles. The van der Waals surface area contributed by atoms with E-state index in [-0.39, 0.29) is 17.7 Å². The van der Waals surface area contributed by atoms with E-state index in [2.05, 4.69) is 11.1 Å². The second kappa shape index (κ2) is 8.74. The summed E-state index contributed by atoms with van der Waals surface area (Å²) in [6, 6.07) is 19.1. The Labute approximate surface area is 211 Å². The lowest BCUT2D eigenvalue weighted by Gasteiger charge is -2.16. The number of aromatic nitrogens is 1. The van der Waals surface area contributed by atoms with Crippen LogP contribution in [0.4, 0.5) is 17.6 Å². The van der Waals surface area contributed by atoms with E-state index in [0.29, 0.717) is 34.9 Å². The van der Waals surface area contributed by atoms with Gasteiger partial charge in [0.15, 0.2) is 0 Å². The van der Waals surface area contributed by atoms with Gasteiger partial charge in [-0.05, 0) is 82.3 Å². The largest absolute Gasteiger partial charge is 0.473 e. The number of halogens is 4. The maximum absolute atomic E-state index is 14.8. The van der Waals surface area contributed by atoms with E-state index < -0.39 is 17.6 Å². The molecule has 184 valence electrons. The molecule has 3 nitrogen and oxygen atoms in total. The molecule has 0 bridgehead atoms. The maximum atomic E-state index is 14.8. The Morgan fingerprint density at radius 2 is 1.62 bits per heavy atom. The summed E-state index contributed by atoms with van der Waals surface area (Å²) in [6.07, 6.45) is -0.755. The molecule has 2 unspecified atom stereocenters. The molecule has 2 atom stereocenters. The summed E-state index contributed by atoms with van der Waals surface area (Å²) in [6.45, 7) is -0.237. The van der Waals surface area contributed by atoms with Crippen LogP contribution in [0.1, 0.15) is 40.2 Å². The molecule has 2 aliphatic rings. The van der Waals surface area contributed by atoms with Gasteiger partial charge in [-0.15, -0.1) is 0 Å². The molecule has 0 N–H and O–H groups in total. The van der Waals surface area contributed by atoms with Crippen LogP contribution < -0.4 is 4.74 Å². The second-order valence-electron chi connectivity index (χ2n) is 9.57. The van der Waals surface area contributed by atoms with Crippen molar-refractivity contribution in [1.82, 2.24) is 4.98 Å². The van der Waals surface area contributed by atoms with Crippen molar-refractivity contribution in [3.63, 3.8) is 0 Å². The monoisotopic (exact) mass is 500 g/mol. The van der Waals surface area contributed by atoms with Crippen molar-refractivity contribution in [2.75, 3.05) is 0 Å². The quantitative estimate of drug-likeness (QED) is 0.264. The third kappa shape index (κ3) is 4.44. The Kier molecular flexibility index (Phi) is 5.49. The van der Waals surface area contributed by atoms with Gasteiger partial charge < -0.3 is 4.74 Å².